The molecule has 4 amide bonds. The number of barbiturate groups is 1. The van der Waals surface area contributed by atoms with Crippen LogP contribution >= 0.6 is 34.8 Å². The number of rotatable bonds is 5. The number of nitrogens with one attached hydrogen (secondary N) is 1. The number of imide groups is 2. The standard InChI is InChI=1S/C21H17Cl3N2O4/c1-3-6-30-18-16(23)8-12(9-17(18)24)7-14-19(27)25-21(29)26(20(14)28)13-5-4-11(2)15(22)10-13/h4-5,7-10H,3,6H2,1-2H3,(H,25,27,29)/b14-7+. The Labute approximate surface area is 188 Å². The lowest BCUT2D eigenvalue weighted by Crippen LogP contribution is -2.54. The van der Waals surface area contributed by atoms with E-state index in [0.29, 0.717) is 22.9 Å². The molecule has 1 aliphatic heterocycles. The summed E-state index contributed by atoms with van der Waals surface area (Å²) in [6.45, 7) is 4.18. The molecule has 0 aliphatic carbocycles. The molecule has 3 rings (SSSR count). The van der Waals surface area contributed by atoms with Crippen molar-refractivity contribution in [3.63, 3.8) is 0 Å². The number of carbonyl (C=O) groups excluding carboxylic acids is 3. The van der Waals surface area contributed by atoms with Crippen LogP contribution in [0, 0.1) is 6.92 Å². The van der Waals surface area contributed by atoms with Gasteiger partial charge in [0.2, 0.25) is 0 Å². The molecule has 0 atom stereocenters. The van der Waals surface area contributed by atoms with Crippen LogP contribution in [0.1, 0.15) is 24.5 Å². The second-order valence-electron chi connectivity index (χ2n) is 6.55. The fourth-order valence-electron chi connectivity index (χ4n) is 2.78. The molecule has 9 heteroatoms. The van der Waals surface area contributed by atoms with Gasteiger partial charge in [0.15, 0.2) is 5.75 Å². The van der Waals surface area contributed by atoms with Crippen LogP contribution in [-0.4, -0.2) is 24.5 Å². The monoisotopic (exact) mass is 466 g/mol. The van der Waals surface area contributed by atoms with Gasteiger partial charge in [0, 0.05) is 5.02 Å². The molecule has 156 valence electrons. The van der Waals surface area contributed by atoms with Crippen LogP contribution < -0.4 is 15.0 Å². The Hall–Kier alpha value is -2.54. The highest BCUT2D eigenvalue weighted by Crippen LogP contribution is 2.35. The Morgan fingerprint density at radius 1 is 1.03 bits per heavy atom. The number of halogens is 3. The van der Waals surface area contributed by atoms with Gasteiger partial charge < -0.3 is 4.74 Å². The van der Waals surface area contributed by atoms with E-state index in [1.807, 2.05) is 6.92 Å². The molecule has 1 heterocycles. The third kappa shape index (κ3) is 4.46. The molecule has 1 saturated heterocycles. The maximum atomic E-state index is 13.0. The summed E-state index contributed by atoms with van der Waals surface area (Å²) in [7, 11) is 0. The molecular formula is C21H17Cl3N2O4. The first kappa shape index (κ1) is 22.2. The highest BCUT2D eigenvalue weighted by Gasteiger charge is 2.37. The molecule has 0 radical (unpaired) electrons. The van der Waals surface area contributed by atoms with Crippen molar-refractivity contribution in [3.8, 4) is 5.75 Å². The minimum atomic E-state index is -0.860. The van der Waals surface area contributed by atoms with Crippen molar-refractivity contribution in [1.82, 2.24) is 5.32 Å². The minimum absolute atomic E-state index is 0.240. The Balaban J connectivity index is 1.99. The van der Waals surface area contributed by atoms with Crippen LogP contribution in [0.15, 0.2) is 35.9 Å². The van der Waals surface area contributed by atoms with E-state index in [0.717, 1.165) is 16.9 Å². The van der Waals surface area contributed by atoms with Crippen LogP contribution in [0.4, 0.5) is 10.5 Å². The van der Waals surface area contributed by atoms with Gasteiger partial charge in [-0.05, 0) is 54.8 Å². The highest BCUT2D eigenvalue weighted by molar-refractivity contribution is 6.40. The number of benzene rings is 2. The predicted octanol–water partition coefficient (Wildman–Crippen LogP) is 5.41. The van der Waals surface area contributed by atoms with Gasteiger partial charge >= 0.3 is 6.03 Å². The number of carbonyl (C=O) groups is 3. The molecule has 1 fully saturated rings. The second kappa shape index (κ2) is 9.08. The Morgan fingerprint density at radius 3 is 2.30 bits per heavy atom. The fourth-order valence-corrected chi connectivity index (χ4v) is 3.57. The quantitative estimate of drug-likeness (QED) is 0.471. The first-order valence-corrected chi connectivity index (χ1v) is 10.2. The molecule has 2 aromatic carbocycles. The summed E-state index contributed by atoms with van der Waals surface area (Å²) in [4.78, 5) is 38.5. The first-order chi connectivity index (χ1) is 14.2. The molecule has 30 heavy (non-hydrogen) atoms. The topological polar surface area (TPSA) is 75.7 Å². The van der Waals surface area contributed by atoms with E-state index in [1.54, 1.807) is 19.1 Å². The van der Waals surface area contributed by atoms with E-state index in [1.165, 1.54) is 24.3 Å². The number of urea groups is 1. The molecule has 0 aromatic heterocycles. The lowest BCUT2D eigenvalue weighted by Gasteiger charge is -2.26. The van der Waals surface area contributed by atoms with Crippen molar-refractivity contribution >= 4 is 64.4 Å². The maximum Gasteiger partial charge on any atom is 0.335 e. The predicted molar refractivity (Wildman–Crippen MR) is 117 cm³/mol. The van der Waals surface area contributed by atoms with Crippen molar-refractivity contribution in [3.05, 3.63) is 62.1 Å². The molecule has 0 bridgehead atoms. The molecular weight excluding hydrogens is 451 g/mol. The average Bonchev–Trinajstić information content (AvgIpc) is 2.67. The van der Waals surface area contributed by atoms with E-state index >= 15 is 0 Å². The molecule has 0 saturated carbocycles. The van der Waals surface area contributed by atoms with E-state index in [4.69, 9.17) is 39.5 Å². The normalized spacial score (nSPS) is 15.6. The van der Waals surface area contributed by atoms with Crippen LogP contribution in [0.3, 0.4) is 0 Å². The van der Waals surface area contributed by atoms with Crippen molar-refractivity contribution in [2.45, 2.75) is 20.3 Å². The zero-order valence-corrected chi connectivity index (χ0v) is 18.4. The van der Waals surface area contributed by atoms with E-state index in [9.17, 15) is 14.4 Å². The molecule has 6 nitrogen and oxygen atoms in total. The number of hydrogen-bond acceptors (Lipinski definition) is 4. The average molecular weight is 468 g/mol. The smallest absolute Gasteiger partial charge is 0.335 e. The summed E-state index contributed by atoms with van der Waals surface area (Å²) in [5.41, 5.74) is 1.18. The molecule has 1 N–H and O–H groups in total. The van der Waals surface area contributed by atoms with E-state index in [2.05, 4.69) is 5.32 Å². The fraction of sp³-hybridized carbons (Fsp3) is 0.190. The van der Waals surface area contributed by atoms with Gasteiger partial charge in [0.1, 0.15) is 5.57 Å². The molecule has 0 spiro atoms. The zero-order valence-electron chi connectivity index (χ0n) is 16.1. The Bertz CT molecular complexity index is 1060. The van der Waals surface area contributed by atoms with Crippen LogP contribution in [0.25, 0.3) is 6.08 Å². The summed E-state index contributed by atoms with van der Waals surface area (Å²) in [6.07, 6.45) is 2.09. The van der Waals surface area contributed by atoms with Crippen LogP contribution in [-0.2, 0) is 9.59 Å². The summed E-state index contributed by atoms with van der Waals surface area (Å²) in [5.74, 6) is -1.28. The third-order valence-corrected chi connectivity index (χ3v) is 5.27. The Kier molecular flexibility index (Phi) is 6.71. The summed E-state index contributed by atoms with van der Waals surface area (Å²) >= 11 is 18.6. The van der Waals surface area contributed by atoms with Crippen molar-refractivity contribution in [2.75, 3.05) is 11.5 Å². The summed E-state index contributed by atoms with van der Waals surface area (Å²) < 4.78 is 5.52. The lowest BCUT2D eigenvalue weighted by molar-refractivity contribution is -0.122. The number of amides is 4. The number of hydrogen-bond donors (Lipinski definition) is 1. The number of anilines is 1. The number of ether oxygens (including phenoxy) is 1. The first-order valence-electron chi connectivity index (χ1n) is 9.02. The zero-order chi connectivity index (χ0) is 22.0. The van der Waals surface area contributed by atoms with Gasteiger partial charge in [-0.1, -0.05) is 47.8 Å². The third-order valence-electron chi connectivity index (χ3n) is 4.30. The maximum absolute atomic E-state index is 13.0. The van der Waals surface area contributed by atoms with Crippen LogP contribution in [0.2, 0.25) is 15.1 Å². The molecule has 0 unspecified atom stereocenters. The molecule has 2 aromatic rings. The van der Waals surface area contributed by atoms with Gasteiger partial charge in [0.05, 0.1) is 22.3 Å². The van der Waals surface area contributed by atoms with Crippen molar-refractivity contribution in [2.24, 2.45) is 0 Å². The van der Waals surface area contributed by atoms with Crippen molar-refractivity contribution in [1.29, 1.82) is 0 Å². The second-order valence-corrected chi connectivity index (χ2v) is 7.78. The minimum Gasteiger partial charge on any atom is -0.490 e. The van der Waals surface area contributed by atoms with Gasteiger partial charge in [-0.3, -0.25) is 14.9 Å². The van der Waals surface area contributed by atoms with E-state index < -0.39 is 17.8 Å². The number of nitrogens with zero attached hydrogens (tertiary/aromatic N) is 1. The van der Waals surface area contributed by atoms with Gasteiger partial charge in [-0.2, -0.15) is 0 Å². The number of aryl methyl sites for hydroxylation is 1. The van der Waals surface area contributed by atoms with Gasteiger partial charge in [0.25, 0.3) is 11.8 Å². The largest absolute Gasteiger partial charge is 0.490 e. The van der Waals surface area contributed by atoms with Gasteiger partial charge in [-0.25, -0.2) is 9.69 Å². The Morgan fingerprint density at radius 2 is 1.70 bits per heavy atom. The SMILES string of the molecule is CCCOc1c(Cl)cc(/C=C2\C(=O)NC(=O)N(c3ccc(C)c(Cl)c3)C2=O)cc1Cl. The summed E-state index contributed by atoms with van der Waals surface area (Å²) in [5, 5.41) is 3.02. The molecule has 1 aliphatic rings. The van der Waals surface area contributed by atoms with Crippen molar-refractivity contribution < 1.29 is 19.1 Å². The van der Waals surface area contributed by atoms with Crippen LogP contribution in [0.5, 0.6) is 5.75 Å². The summed E-state index contributed by atoms with van der Waals surface area (Å²) in [6, 6.07) is 6.91. The van der Waals surface area contributed by atoms with E-state index in [-0.39, 0.29) is 21.3 Å². The lowest BCUT2D eigenvalue weighted by atomic mass is 10.1. The highest BCUT2D eigenvalue weighted by atomic mass is 35.5. The van der Waals surface area contributed by atoms with Gasteiger partial charge in [-0.15, -0.1) is 0 Å².